The summed E-state index contributed by atoms with van der Waals surface area (Å²) < 4.78 is 27.0. The molecule has 26 heavy (non-hydrogen) atoms. The van der Waals surface area contributed by atoms with Gasteiger partial charge in [0.1, 0.15) is 0 Å². The van der Waals surface area contributed by atoms with Crippen molar-refractivity contribution in [1.29, 1.82) is 0 Å². The quantitative estimate of drug-likeness (QED) is 0.542. The Hall–Kier alpha value is -3.20. The molecule has 0 aliphatic rings. The van der Waals surface area contributed by atoms with E-state index in [0.717, 1.165) is 10.0 Å². The minimum Gasteiger partial charge on any atom is -0.481 e. The number of aliphatic carboxylic acids is 1. The Bertz CT molecular complexity index is 1150. The van der Waals surface area contributed by atoms with E-state index in [2.05, 4.69) is 0 Å². The van der Waals surface area contributed by atoms with E-state index in [1.165, 1.54) is 25.3 Å². The van der Waals surface area contributed by atoms with Crippen LogP contribution < -0.4 is 0 Å². The van der Waals surface area contributed by atoms with E-state index in [1.807, 2.05) is 0 Å². The molecule has 0 bridgehead atoms. The van der Waals surface area contributed by atoms with Gasteiger partial charge < -0.3 is 5.11 Å². The second kappa shape index (κ2) is 6.26. The van der Waals surface area contributed by atoms with Crippen LogP contribution in [0.1, 0.15) is 11.1 Å². The fourth-order valence-electron chi connectivity index (χ4n) is 2.78. The van der Waals surface area contributed by atoms with Crippen LogP contribution in [0.2, 0.25) is 0 Å². The Morgan fingerprint density at radius 2 is 1.92 bits per heavy atom. The van der Waals surface area contributed by atoms with Crippen molar-refractivity contribution in [3.05, 3.63) is 69.9 Å². The maximum Gasteiger partial charge on any atom is 0.307 e. The standard InChI is InChI=1S/C17H14N2O6S/c1-11-6-7-13(9-16(11)19(22)23)26(24,25)18-10-12(8-17(20)21)14-4-2-3-5-15(14)18/h2-7,9-10H,8H2,1H3,(H,20,21). The molecule has 3 aromatic rings. The Morgan fingerprint density at radius 1 is 1.23 bits per heavy atom. The molecule has 8 nitrogen and oxygen atoms in total. The van der Waals surface area contributed by atoms with Crippen LogP contribution in [0, 0.1) is 17.0 Å². The van der Waals surface area contributed by atoms with E-state index in [1.54, 1.807) is 24.3 Å². The topological polar surface area (TPSA) is 120 Å². The molecular weight excluding hydrogens is 360 g/mol. The van der Waals surface area contributed by atoms with Gasteiger partial charge in [-0.1, -0.05) is 24.3 Å². The van der Waals surface area contributed by atoms with Gasteiger partial charge in [0.05, 0.1) is 21.8 Å². The van der Waals surface area contributed by atoms with Gasteiger partial charge in [0, 0.05) is 23.2 Å². The third-order valence-electron chi connectivity index (χ3n) is 4.04. The molecule has 3 rings (SSSR count). The molecule has 0 spiro atoms. The summed E-state index contributed by atoms with van der Waals surface area (Å²) in [5.41, 5.74) is 0.705. The molecule has 1 aromatic heterocycles. The first-order valence-corrected chi connectivity index (χ1v) is 8.97. The van der Waals surface area contributed by atoms with Gasteiger partial charge in [-0.15, -0.1) is 0 Å². The normalized spacial score (nSPS) is 11.6. The minimum atomic E-state index is -4.13. The molecule has 1 N–H and O–H groups in total. The highest BCUT2D eigenvalue weighted by Crippen LogP contribution is 2.29. The average Bonchev–Trinajstić information content (AvgIpc) is 2.94. The second-order valence-corrected chi connectivity index (χ2v) is 7.56. The number of fused-ring (bicyclic) bond motifs is 1. The van der Waals surface area contributed by atoms with E-state index < -0.39 is 20.9 Å². The number of carboxylic acid groups (broad SMARTS) is 1. The molecule has 0 aliphatic heterocycles. The SMILES string of the molecule is Cc1ccc(S(=O)(=O)n2cc(CC(=O)O)c3ccccc32)cc1[N+](=O)[O-]. The molecule has 0 unspecified atom stereocenters. The lowest BCUT2D eigenvalue weighted by atomic mass is 10.1. The zero-order valence-corrected chi connectivity index (χ0v) is 14.4. The van der Waals surface area contributed by atoms with Crippen molar-refractivity contribution in [2.24, 2.45) is 0 Å². The fourth-order valence-corrected chi connectivity index (χ4v) is 4.19. The lowest BCUT2D eigenvalue weighted by Crippen LogP contribution is -2.12. The number of rotatable bonds is 5. The summed E-state index contributed by atoms with van der Waals surface area (Å²) in [4.78, 5) is 21.3. The monoisotopic (exact) mass is 374 g/mol. The molecule has 0 amide bonds. The molecule has 134 valence electrons. The van der Waals surface area contributed by atoms with Crippen LogP contribution in [0.5, 0.6) is 0 Å². The highest BCUT2D eigenvalue weighted by Gasteiger charge is 2.24. The fraction of sp³-hybridized carbons (Fsp3) is 0.118. The van der Waals surface area contributed by atoms with Gasteiger partial charge >= 0.3 is 5.97 Å². The predicted molar refractivity (Wildman–Crippen MR) is 93.7 cm³/mol. The van der Waals surface area contributed by atoms with Crippen molar-refractivity contribution in [1.82, 2.24) is 3.97 Å². The number of aryl methyl sites for hydroxylation is 1. The predicted octanol–water partition coefficient (Wildman–Crippen LogP) is 2.72. The summed E-state index contributed by atoms with van der Waals surface area (Å²) in [7, 11) is -4.13. The molecule has 0 atom stereocenters. The van der Waals surface area contributed by atoms with Crippen molar-refractivity contribution in [2.45, 2.75) is 18.2 Å². The van der Waals surface area contributed by atoms with Crippen LogP contribution in [0.3, 0.4) is 0 Å². The van der Waals surface area contributed by atoms with Gasteiger partial charge in [-0.2, -0.15) is 0 Å². The number of aromatic nitrogens is 1. The highest BCUT2D eigenvalue weighted by atomic mass is 32.2. The number of carbonyl (C=O) groups is 1. The molecule has 0 saturated carbocycles. The van der Waals surface area contributed by atoms with E-state index in [0.29, 0.717) is 22.0 Å². The molecule has 2 aromatic carbocycles. The van der Waals surface area contributed by atoms with Crippen LogP contribution >= 0.6 is 0 Å². The number of benzene rings is 2. The van der Waals surface area contributed by atoms with Crippen molar-refractivity contribution in [3.8, 4) is 0 Å². The zero-order valence-electron chi connectivity index (χ0n) is 13.6. The highest BCUT2D eigenvalue weighted by molar-refractivity contribution is 7.90. The zero-order chi connectivity index (χ0) is 19.1. The van der Waals surface area contributed by atoms with Crippen LogP contribution in [0.4, 0.5) is 5.69 Å². The van der Waals surface area contributed by atoms with Crippen LogP contribution in [0.15, 0.2) is 53.6 Å². The van der Waals surface area contributed by atoms with Crippen LogP contribution in [-0.2, 0) is 21.2 Å². The van der Waals surface area contributed by atoms with Crippen LogP contribution in [0.25, 0.3) is 10.9 Å². The summed E-state index contributed by atoms with van der Waals surface area (Å²) >= 11 is 0. The first-order valence-electron chi connectivity index (χ1n) is 7.53. The number of nitro groups is 1. The lowest BCUT2D eigenvalue weighted by Gasteiger charge is -2.08. The van der Waals surface area contributed by atoms with Crippen molar-refractivity contribution in [2.75, 3.05) is 0 Å². The molecule has 0 radical (unpaired) electrons. The molecule has 1 heterocycles. The van der Waals surface area contributed by atoms with E-state index >= 15 is 0 Å². The van der Waals surface area contributed by atoms with Gasteiger partial charge in [0.15, 0.2) is 0 Å². The van der Waals surface area contributed by atoms with Gasteiger partial charge in [-0.05, 0) is 24.6 Å². The third kappa shape index (κ3) is 2.93. The molecule has 9 heteroatoms. The Balaban J connectivity index is 2.24. The minimum absolute atomic E-state index is 0.238. The Morgan fingerprint density at radius 3 is 2.58 bits per heavy atom. The maximum atomic E-state index is 13.0. The van der Waals surface area contributed by atoms with Gasteiger partial charge in [-0.3, -0.25) is 14.9 Å². The van der Waals surface area contributed by atoms with Crippen molar-refractivity contribution in [3.63, 3.8) is 0 Å². The summed E-state index contributed by atoms with van der Waals surface area (Å²) in [6.07, 6.45) is 0.914. The lowest BCUT2D eigenvalue weighted by molar-refractivity contribution is -0.385. The average molecular weight is 374 g/mol. The summed E-state index contributed by atoms with van der Waals surface area (Å²) in [5.74, 6) is -1.09. The molecule has 0 fully saturated rings. The first kappa shape index (κ1) is 17.6. The molecular formula is C17H14N2O6S. The summed E-state index contributed by atoms with van der Waals surface area (Å²) in [6.45, 7) is 1.52. The van der Waals surface area contributed by atoms with Gasteiger partial charge in [0.2, 0.25) is 0 Å². The number of hydrogen-bond donors (Lipinski definition) is 1. The van der Waals surface area contributed by atoms with Crippen LogP contribution in [-0.4, -0.2) is 28.4 Å². The van der Waals surface area contributed by atoms with E-state index in [9.17, 15) is 23.3 Å². The summed E-state index contributed by atoms with van der Waals surface area (Å²) in [6, 6.07) is 10.2. The number of hydrogen-bond acceptors (Lipinski definition) is 5. The first-order chi connectivity index (χ1) is 12.2. The molecule has 0 aliphatic carbocycles. The maximum absolute atomic E-state index is 13.0. The number of carboxylic acids is 1. The van der Waals surface area contributed by atoms with Crippen molar-refractivity contribution >= 4 is 32.6 Å². The number of nitro benzene ring substituents is 1. The third-order valence-corrected chi connectivity index (χ3v) is 5.71. The largest absolute Gasteiger partial charge is 0.481 e. The number of para-hydroxylation sites is 1. The number of nitrogens with zero attached hydrogens (tertiary/aromatic N) is 2. The Kier molecular flexibility index (Phi) is 4.25. The molecule has 0 saturated heterocycles. The van der Waals surface area contributed by atoms with Crippen molar-refractivity contribution < 1.29 is 23.2 Å². The smallest absolute Gasteiger partial charge is 0.307 e. The van der Waals surface area contributed by atoms with E-state index in [-0.39, 0.29) is 17.0 Å². The summed E-state index contributed by atoms with van der Waals surface area (Å²) in [5, 5.41) is 20.7. The Labute approximate surface area is 148 Å². The van der Waals surface area contributed by atoms with Gasteiger partial charge in [0.25, 0.3) is 15.7 Å². The van der Waals surface area contributed by atoms with Gasteiger partial charge in [-0.25, -0.2) is 12.4 Å². The van der Waals surface area contributed by atoms with E-state index in [4.69, 9.17) is 5.11 Å². The second-order valence-electron chi connectivity index (χ2n) is 5.75.